The predicted molar refractivity (Wildman–Crippen MR) is 48.4 cm³/mol. The number of carbonyl (C=O) groups is 1. The number of hydrogen-bond donors (Lipinski definition) is 1. The second-order valence-corrected chi connectivity index (χ2v) is 2.84. The number of phenols is 1. The maximum atomic E-state index is 13.2. The minimum atomic E-state index is -1.12. The molecule has 0 heterocycles. The molecule has 0 radical (unpaired) electrons. The maximum Gasteiger partial charge on any atom is 0.310 e. The van der Waals surface area contributed by atoms with Crippen molar-refractivity contribution in [3.63, 3.8) is 0 Å². The highest BCUT2D eigenvalue weighted by Gasteiger charge is 2.16. The lowest BCUT2D eigenvalue weighted by atomic mass is 10.1. The predicted octanol–water partition coefficient (Wildman–Crippen LogP) is 1.78. The Bertz CT molecular complexity index is 377. The Hall–Kier alpha value is -1.65. The molecule has 3 nitrogen and oxygen atoms in total. The van der Waals surface area contributed by atoms with Crippen LogP contribution < -0.4 is 0 Å². The number of aromatic hydroxyl groups is 1. The van der Waals surface area contributed by atoms with Gasteiger partial charge in [-0.2, -0.15) is 0 Å². The van der Waals surface area contributed by atoms with Crippen molar-refractivity contribution in [3.05, 3.63) is 29.3 Å². The zero-order valence-corrected chi connectivity index (χ0v) is 8.09. The summed E-state index contributed by atoms with van der Waals surface area (Å²) < 4.78 is 30.8. The van der Waals surface area contributed by atoms with Gasteiger partial charge < -0.3 is 9.84 Å². The lowest BCUT2D eigenvalue weighted by Crippen LogP contribution is -2.10. The van der Waals surface area contributed by atoms with E-state index < -0.39 is 35.3 Å². The van der Waals surface area contributed by atoms with Gasteiger partial charge in [-0.15, -0.1) is 0 Å². The molecular formula is C10H10F2O3. The summed E-state index contributed by atoms with van der Waals surface area (Å²) in [6.45, 7) is 1.73. The van der Waals surface area contributed by atoms with Gasteiger partial charge in [0.15, 0.2) is 11.6 Å². The standard InChI is InChI=1S/C10H10F2O3/c1-2-15-9(14)5-6-7(11)3-4-8(13)10(6)12/h3-4,13H,2,5H2,1H3. The van der Waals surface area contributed by atoms with E-state index >= 15 is 0 Å². The van der Waals surface area contributed by atoms with Crippen LogP contribution in [0.5, 0.6) is 5.75 Å². The minimum Gasteiger partial charge on any atom is -0.505 e. The van der Waals surface area contributed by atoms with Gasteiger partial charge in [-0.25, -0.2) is 8.78 Å². The molecular weight excluding hydrogens is 206 g/mol. The van der Waals surface area contributed by atoms with Crippen molar-refractivity contribution in [1.29, 1.82) is 0 Å². The minimum absolute atomic E-state index is 0.140. The van der Waals surface area contributed by atoms with Crippen LogP contribution in [-0.2, 0) is 16.0 Å². The van der Waals surface area contributed by atoms with Crippen LogP contribution in [0.2, 0.25) is 0 Å². The van der Waals surface area contributed by atoms with Crippen LogP contribution in [0.1, 0.15) is 12.5 Å². The molecule has 5 heteroatoms. The van der Waals surface area contributed by atoms with E-state index in [9.17, 15) is 13.6 Å². The average molecular weight is 216 g/mol. The van der Waals surface area contributed by atoms with Gasteiger partial charge in [-0.05, 0) is 19.1 Å². The van der Waals surface area contributed by atoms with Gasteiger partial charge in [0.1, 0.15) is 5.82 Å². The Labute approximate surface area is 85.3 Å². The van der Waals surface area contributed by atoms with Crippen molar-refractivity contribution < 1.29 is 23.4 Å². The monoisotopic (exact) mass is 216 g/mol. The van der Waals surface area contributed by atoms with E-state index in [0.29, 0.717) is 0 Å². The Morgan fingerprint density at radius 1 is 1.47 bits per heavy atom. The number of rotatable bonds is 3. The van der Waals surface area contributed by atoms with Crippen molar-refractivity contribution >= 4 is 5.97 Å². The fraction of sp³-hybridized carbons (Fsp3) is 0.300. The van der Waals surface area contributed by atoms with Crippen molar-refractivity contribution in [1.82, 2.24) is 0 Å². The number of hydrogen-bond acceptors (Lipinski definition) is 3. The summed E-state index contributed by atoms with van der Waals surface area (Å²) in [7, 11) is 0. The molecule has 0 bridgehead atoms. The van der Waals surface area contributed by atoms with Gasteiger partial charge in [0, 0.05) is 5.56 Å². The number of benzene rings is 1. The third kappa shape index (κ3) is 2.65. The SMILES string of the molecule is CCOC(=O)Cc1c(F)ccc(O)c1F. The second-order valence-electron chi connectivity index (χ2n) is 2.84. The molecule has 0 unspecified atom stereocenters. The van der Waals surface area contributed by atoms with Crippen LogP contribution in [0.25, 0.3) is 0 Å². The first kappa shape index (κ1) is 11.4. The first-order valence-corrected chi connectivity index (χ1v) is 4.37. The summed E-state index contributed by atoms with van der Waals surface area (Å²) in [5.74, 6) is -3.42. The molecule has 1 rings (SSSR count). The summed E-state index contributed by atoms with van der Waals surface area (Å²) in [4.78, 5) is 11.0. The van der Waals surface area contributed by atoms with E-state index in [0.717, 1.165) is 12.1 Å². The first-order chi connectivity index (χ1) is 7.06. The zero-order chi connectivity index (χ0) is 11.4. The lowest BCUT2D eigenvalue weighted by Gasteiger charge is -2.05. The van der Waals surface area contributed by atoms with Crippen LogP contribution in [0.3, 0.4) is 0 Å². The fourth-order valence-corrected chi connectivity index (χ4v) is 1.10. The molecule has 0 spiro atoms. The highest BCUT2D eigenvalue weighted by atomic mass is 19.1. The van der Waals surface area contributed by atoms with Crippen LogP contribution in [0.15, 0.2) is 12.1 Å². The van der Waals surface area contributed by atoms with Crippen molar-refractivity contribution in [2.75, 3.05) is 6.61 Å². The summed E-state index contributed by atoms with van der Waals surface area (Å²) in [5, 5.41) is 8.97. The van der Waals surface area contributed by atoms with Crippen LogP contribution in [0, 0.1) is 11.6 Å². The highest BCUT2D eigenvalue weighted by molar-refractivity contribution is 5.72. The van der Waals surface area contributed by atoms with Crippen molar-refractivity contribution in [3.8, 4) is 5.75 Å². The van der Waals surface area contributed by atoms with E-state index in [4.69, 9.17) is 5.11 Å². The quantitative estimate of drug-likeness (QED) is 0.783. The molecule has 0 aromatic heterocycles. The highest BCUT2D eigenvalue weighted by Crippen LogP contribution is 2.22. The summed E-state index contributed by atoms with van der Waals surface area (Å²) in [6.07, 6.45) is -0.528. The lowest BCUT2D eigenvalue weighted by molar-refractivity contribution is -0.142. The molecule has 0 saturated heterocycles. The molecule has 1 N–H and O–H groups in total. The van der Waals surface area contributed by atoms with Gasteiger partial charge in [0.05, 0.1) is 13.0 Å². The molecule has 0 aliphatic heterocycles. The molecule has 0 saturated carbocycles. The molecule has 1 aromatic carbocycles. The van der Waals surface area contributed by atoms with Crippen molar-refractivity contribution in [2.24, 2.45) is 0 Å². The molecule has 0 aliphatic rings. The number of phenolic OH excluding ortho intramolecular Hbond substituents is 1. The van der Waals surface area contributed by atoms with Crippen LogP contribution in [-0.4, -0.2) is 17.7 Å². The Morgan fingerprint density at radius 3 is 2.73 bits per heavy atom. The van der Waals surface area contributed by atoms with Gasteiger partial charge in [-0.1, -0.05) is 0 Å². The molecule has 1 aromatic rings. The fourth-order valence-electron chi connectivity index (χ4n) is 1.10. The van der Waals surface area contributed by atoms with Crippen molar-refractivity contribution in [2.45, 2.75) is 13.3 Å². The smallest absolute Gasteiger partial charge is 0.310 e. The zero-order valence-electron chi connectivity index (χ0n) is 8.09. The molecule has 0 amide bonds. The summed E-state index contributed by atoms with van der Waals surface area (Å²) in [6, 6.07) is 1.78. The number of ether oxygens (including phenoxy) is 1. The number of carbonyl (C=O) groups excluding carboxylic acids is 1. The second kappa shape index (κ2) is 4.72. The van der Waals surface area contributed by atoms with Gasteiger partial charge >= 0.3 is 5.97 Å². The molecule has 0 fully saturated rings. The molecule has 82 valence electrons. The van der Waals surface area contributed by atoms with Crippen LogP contribution in [0.4, 0.5) is 8.78 Å². The Kier molecular flexibility index (Phi) is 3.60. The molecule has 0 atom stereocenters. The van der Waals surface area contributed by atoms with Gasteiger partial charge in [0.2, 0.25) is 0 Å². The molecule has 0 aliphatic carbocycles. The Morgan fingerprint density at radius 2 is 2.13 bits per heavy atom. The summed E-state index contributed by atoms with van der Waals surface area (Å²) in [5.41, 5.74) is -0.478. The van der Waals surface area contributed by atoms with E-state index in [-0.39, 0.29) is 6.61 Å². The van der Waals surface area contributed by atoms with E-state index in [2.05, 4.69) is 4.74 Å². The normalized spacial score (nSPS) is 10.1. The third-order valence-electron chi connectivity index (χ3n) is 1.79. The van der Waals surface area contributed by atoms with E-state index in [1.807, 2.05) is 0 Å². The first-order valence-electron chi connectivity index (χ1n) is 4.37. The van der Waals surface area contributed by atoms with Crippen LogP contribution >= 0.6 is 0 Å². The van der Waals surface area contributed by atoms with E-state index in [1.165, 1.54) is 0 Å². The third-order valence-corrected chi connectivity index (χ3v) is 1.79. The summed E-state index contributed by atoms with van der Waals surface area (Å²) >= 11 is 0. The van der Waals surface area contributed by atoms with E-state index in [1.54, 1.807) is 6.92 Å². The number of esters is 1. The largest absolute Gasteiger partial charge is 0.505 e. The number of halogens is 2. The maximum absolute atomic E-state index is 13.2. The topological polar surface area (TPSA) is 46.5 Å². The van der Waals surface area contributed by atoms with Gasteiger partial charge in [0.25, 0.3) is 0 Å². The molecule has 15 heavy (non-hydrogen) atoms. The average Bonchev–Trinajstić information content (AvgIpc) is 2.19. The van der Waals surface area contributed by atoms with Gasteiger partial charge in [-0.3, -0.25) is 4.79 Å². The Balaban J connectivity index is 2.93.